The average Bonchev–Trinajstić information content (AvgIpc) is 2.43. The van der Waals surface area contributed by atoms with Gasteiger partial charge in [0.25, 0.3) is 0 Å². The van der Waals surface area contributed by atoms with E-state index in [1.54, 1.807) is 25.2 Å². The summed E-state index contributed by atoms with van der Waals surface area (Å²) in [6.45, 7) is 0. The van der Waals surface area contributed by atoms with Crippen LogP contribution in [0.15, 0.2) is 36.7 Å². The Bertz CT molecular complexity index is 646. The first kappa shape index (κ1) is 16.5. The third kappa shape index (κ3) is 3.67. The molecular formula is C14H11ClF3IN2. The van der Waals surface area contributed by atoms with Crippen molar-refractivity contribution in [2.75, 3.05) is 7.05 Å². The fraction of sp³-hybridized carbons (Fsp3) is 0.214. The van der Waals surface area contributed by atoms with Crippen molar-refractivity contribution >= 4 is 34.2 Å². The lowest BCUT2D eigenvalue weighted by Gasteiger charge is -2.22. The Morgan fingerprint density at radius 3 is 2.57 bits per heavy atom. The van der Waals surface area contributed by atoms with Crippen LogP contribution in [0.5, 0.6) is 0 Å². The third-order valence-electron chi connectivity index (χ3n) is 3.03. The molecule has 0 aliphatic rings. The third-order valence-corrected chi connectivity index (χ3v) is 4.24. The SMILES string of the molecule is CNC(c1cc(Cl)ccc1I)c1cnccc1C(F)(F)F. The Balaban J connectivity index is 2.60. The van der Waals surface area contributed by atoms with E-state index in [1.807, 2.05) is 0 Å². The number of nitrogens with one attached hydrogen (secondary N) is 1. The standard InChI is InChI=1S/C14H11ClF3IN2/c1-20-13(9-6-8(15)2-3-12(9)19)10-7-21-5-4-11(10)14(16,17)18/h2-7,13,20H,1H3. The van der Waals surface area contributed by atoms with Crippen molar-refractivity contribution in [3.63, 3.8) is 0 Å². The number of nitrogens with zero attached hydrogens (tertiary/aromatic N) is 1. The zero-order valence-corrected chi connectivity index (χ0v) is 13.8. The molecule has 2 nitrogen and oxygen atoms in total. The summed E-state index contributed by atoms with van der Waals surface area (Å²) < 4.78 is 40.3. The molecule has 0 aliphatic carbocycles. The lowest BCUT2D eigenvalue weighted by Crippen LogP contribution is -2.23. The molecule has 7 heteroatoms. The fourth-order valence-corrected chi connectivity index (χ4v) is 2.94. The number of hydrogen-bond acceptors (Lipinski definition) is 2. The highest BCUT2D eigenvalue weighted by Crippen LogP contribution is 2.37. The molecule has 1 atom stereocenters. The first-order valence-electron chi connectivity index (χ1n) is 5.98. The second-order valence-corrected chi connectivity index (χ2v) is 5.95. The summed E-state index contributed by atoms with van der Waals surface area (Å²) in [5.74, 6) is 0. The van der Waals surface area contributed by atoms with E-state index in [4.69, 9.17) is 11.6 Å². The molecule has 1 N–H and O–H groups in total. The topological polar surface area (TPSA) is 24.9 Å². The van der Waals surface area contributed by atoms with E-state index >= 15 is 0 Å². The molecule has 1 aromatic heterocycles. The van der Waals surface area contributed by atoms with Gasteiger partial charge < -0.3 is 5.32 Å². The minimum absolute atomic E-state index is 0.0766. The summed E-state index contributed by atoms with van der Waals surface area (Å²) in [5, 5.41) is 3.39. The Labute approximate surface area is 138 Å². The first-order chi connectivity index (χ1) is 9.84. The smallest absolute Gasteiger partial charge is 0.309 e. The molecular weight excluding hydrogens is 416 g/mol. The fourth-order valence-electron chi connectivity index (χ4n) is 2.11. The number of alkyl halides is 3. The number of halogens is 5. The molecule has 1 unspecified atom stereocenters. The number of rotatable bonds is 3. The summed E-state index contributed by atoms with van der Waals surface area (Å²) in [7, 11) is 1.61. The Morgan fingerprint density at radius 1 is 1.24 bits per heavy atom. The van der Waals surface area contributed by atoms with E-state index in [0.29, 0.717) is 10.6 Å². The molecule has 0 amide bonds. The zero-order valence-electron chi connectivity index (χ0n) is 10.9. The molecule has 21 heavy (non-hydrogen) atoms. The molecule has 112 valence electrons. The van der Waals surface area contributed by atoms with E-state index in [2.05, 4.69) is 32.9 Å². The Morgan fingerprint density at radius 2 is 1.95 bits per heavy atom. The highest BCUT2D eigenvalue weighted by atomic mass is 127. The maximum absolute atomic E-state index is 13.2. The predicted molar refractivity (Wildman–Crippen MR) is 84.3 cm³/mol. The maximum Gasteiger partial charge on any atom is 0.416 e. The van der Waals surface area contributed by atoms with Crippen LogP contribution in [0.3, 0.4) is 0 Å². The van der Waals surface area contributed by atoms with Crippen molar-refractivity contribution in [1.82, 2.24) is 10.3 Å². The van der Waals surface area contributed by atoms with Crippen molar-refractivity contribution < 1.29 is 13.2 Å². The number of hydrogen-bond donors (Lipinski definition) is 1. The molecule has 0 aliphatic heterocycles. The summed E-state index contributed by atoms with van der Waals surface area (Å²) in [6, 6.07) is 5.48. The molecule has 0 radical (unpaired) electrons. The van der Waals surface area contributed by atoms with Crippen LogP contribution in [0.25, 0.3) is 0 Å². The molecule has 0 saturated carbocycles. The first-order valence-corrected chi connectivity index (χ1v) is 7.43. The van der Waals surface area contributed by atoms with Gasteiger partial charge in [-0.25, -0.2) is 0 Å². The molecule has 0 saturated heterocycles. The predicted octanol–water partition coefficient (Wildman–Crippen LogP) is 4.67. The van der Waals surface area contributed by atoms with Crippen molar-refractivity contribution in [2.45, 2.75) is 12.2 Å². The molecule has 0 fully saturated rings. The van der Waals surface area contributed by atoms with Crippen LogP contribution in [0.1, 0.15) is 22.7 Å². The van der Waals surface area contributed by atoms with E-state index in [1.165, 1.54) is 6.20 Å². The summed E-state index contributed by atoms with van der Waals surface area (Å²) in [5.41, 5.74) is 0.0596. The van der Waals surface area contributed by atoms with Crippen molar-refractivity contribution in [2.24, 2.45) is 0 Å². The highest BCUT2D eigenvalue weighted by molar-refractivity contribution is 14.1. The van der Waals surface area contributed by atoms with Crippen LogP contribution >= 0.6 is 34.2 Å². The van der Waals surface area contributed by atoms with Gasteiger partial charge in [-0.3, -0.25) is 4.98 Å². The zero-order chi connectivity index (χ0) is 15.6. The second-order valence-electron chi connectivity index (χ2n) is 4.35. The molecule has 1 heterocycles. The summed E-state index contributed by atoms with van der Waals surface area (Å²) >= 11 is 8.04. The van der Waals surface area contributed by atoms with Crippen LogP contribution in [0.4, 0.5) is 13.2 Å². The summed E-state index contributed by atoms with van der Waals surface area (Å²) in [4.78, 5) is 3.83. The van der Waals surface area contributed by atoms with Gasteiger partial charge in [0.05, 0.1) is 11.6 Å². The normalized spacial score (nSPS) is 13.2. The Kier molecular flexibility index (Phi) is 5.11. The van der Waals surface area contributed by atoms with Crippen LogP contribution in [-0.2, 0) is 6.18 Å². The molecule has 0 bridgehead atoms. The van der Waals surface area contributed by atoms with Gasteiger partial charge in [-0.15, -0.1) is 0 Å². The Hall–Kier alpha value is -0.860. The minimum atomic E-state index is -4.43. The number of aromatic nitrogens is 1. The second kappa shape index (κ2) is 6.50. The largest absolute Gasteiger partial charge is 0.416 e. The quantitative estimate of drug-likeness (QED) is 0.722. The van der Waals surface area contributed by atoms with E-state index in [9.17, 15) is 13.2 Å². The monoisotopic (exact) mass is 426 g/mol. The van der Waals surface area contributed by atoms with Crippen molar-refractivity contribution in [3.05, 3.63) is 61.9 Å². The van der Waals surface area contributed by atoms with Crippen LogP contribution in [0.2, 0.25) is 5.02 Å². The van der Waals surface area contributed by atoms with Gasteiger partial charge in [-0.1, -0.05) is 11.6 Å². The summed E-state index contributed by atoms with van der Waals surface area (Å²) in [6.07, 6.45) is -2.06. The van der Waals surface area contributed by atoms with Crippen LogP contribution in [0, 0.1) is 3.57 Å². The van der Waals surface area contributed by atoms with Crippen LogP contribution in [-0.4, -0.2) is 12.0 Å². The highest BCUT2D eigenvalue weighted by Gasteiger charge is 2.35. The molecule has 1 aromatic carbocycles. The van der Waals surface area contributed by atoms with Gasteiger partial charge in [0.1, 0.15) is 0 Å². The van der Waals surface area contributed by atoms with Gasteiger partial charge in [-0.2, -0.15) is 13.2 Å². The van der Waals surface area contributed by atoms with Crippen molar-refractivity contribution in [1.29, 1.82) is 0 Å². The lowest BCUT2D eigenvalue weighted by molar-refractivity contribution is -0.138. The van der Waals surface area contributed by atoms with E-state index in [-0.39, 0.29) is 5.56 Å². The van der Waals surface area contributed by atoms with Gasteiger partial charge in [-0.05, 0) is 59.5 Å². The maximum atomic E-state index is 13.2. The number of benzene rings is 1. The average molecular weight is 427 g/mol. The van der Waals surface area contributed by atoms with Crippen molar-refractivity contribution in [3.8, 4) is 0 Å². The van der Waals surface area contributed by atoms with Gasteiger partial charge in [0.15, 0.2) is 0 Å². The van der Waals surface area contributed by atoms with E-state index < -0.39 is 17.8 Å². The lowest BCUT2D eigenvalue weighted by atomic mass is 9.96. The molecule has 0 spiro atoms. The van der Waals surface area contributed by atoms with Gasteiger partial charge in [0.2, 0.25) is 0 Å². The molecule has 2 rings (SSSR count). The van der Waals surface area contributed by atoms with Gasteiger partial charge in [0, 0.05) is 26.5 Å². The van der Waals surface area contributed by atoms with Crippen LogP contribution < -0.4 is 5.32 Å². The van der Waals surface area contributed by atoms with Gasteiger partial charge >= 0.3 is 6.18 Å². The minimum Gasteiger partial charge on any atom is -0.309 e. The molecule has 2 aromatic rings. The van der Waals surface area contributed by atoms with E-state index in [0.717, 1.165) is 15.8 Å². The number of pyridine rings is 1.